The summed E-state index contributed by atoms with van der Waals surface area (Å²) < 4.78 is 24.9. The van der Waals surface area contributed by atoms with E-state index in [1.54, 1.807) is 0 Å². The Bertz CT molecular complexity index is 950. The van der Waals surface area contributed by atoms with Crippen molar-refractivity contribution in [2.24, 2.45) is 0 Å². The van der Waals surface area contributed by atoms with Crippen LogP contribution in [0.25, 0.3) is 11.2 Å². The van der Waals surface area contributed by atoms with Crippen LogP contribution in [0, 0.1) is 0 Å². The molecule has 7 N–H and O–H groups in total. The van der Waals surface area contributed by atoms with Gasteiger partial charge in [-0.3, -0.25) is 9.13 Å². The Morgan fingerprint density at radius 2 is 2.07 bits per heavy atom. The van der Waals surface area contributed by atoms with Crippen LogP contribution in [-0.2, 0) is 13.8 Å². The van der Waals surface area contributed by atoms with Gasteiger partial charge < -0.3 is 40.4 Å². The van der Waals surface area contributed by atoms with Gasteiger partial charge in [0.1, 0.15) is 18.5 Å². The Kier molecular flexibility index (Phi) is 5.60. The van der Waals surface area contributed by atoms with E-state index in [9.17, 15) is 30.0 Å². The second-order valence-corrected chi connectivity index (χ2v) is 9.65. The number of imidazole rings is 1. The lowest BCUT2D eigenvalue weighted by Crippen LogP contribution is -2.37. The molecule has 14 heteroatoms. The summed E-state index contributed by atoms with van der Waals surface area (Å²) in [5, 5.41) is 39.9. The summed E-state index contributed by atoms with van der Waals surface area (Å²) in [6.45, 7) is 4.14. The van der Waals surface area contributed by atoms with E-state index < -0.39 is 43.6 Å². The maximum Gasteiger partial charge on any atom is 0.356 e. The van der Waals surface area contributed by atoms with Crippen LogP contribution in [0.4, 0.5) is 5.82 Å². The Hall–Kier alpha value is -1.86. The van der Waals surface area contributed by atoms with Gasteiger partial charge in [-0.25, -0.2) is 4.98 Å². The number of nitrogens with zero attached hydrogens (tertiary/aromatic N) is 4. The van der Waals surface area contributed by atoms with Crippen LogP contribution < -0.4 is 10.5 Å². The minimum Gasteiger partial charge on any atom is -0.388 e. The van der Waals surface area contributed by atoms with Crippen LogP contribution in [0.1, 0.15) is 33.4 Å². The first-order valence-corrected chi connectivity index (χ1v) is 10.4. The van der Waals surface area contributed by atoms with Crippen molar-refractivity contribution in [1.82, 2.24) is 14.5 Å². The van der Waals surface area contributed by atoms with Crippen molar-refractivity contribution in [2.75, 3.05) is 5.73 Å². The Morgan fingerprint density at radius 3 is 2.69 bits per heavy atom. The third-order valence-corrected chi connectivity index (χ3v) is 6.40. The quantitative estimate of drug-likeness (QED) is 0.183. The zero-order valence-electron chi connectivity index (χ0n) is 16.0. The lowest BCUT2D eigenvalue weighted by atomic mass is 9.97. The van der Waals surface area contributed by atoms with Crippen molar-refractivity contribution >= 4 is 24.6 Å². The highest BCUT2D eigenvalue weighted by molar-refractivity contribution is 7.53. The van der Waals surface area contributed by atoms with E-state index in [1.165, 1.54) is 24.7 Å². The average Bonchev–Trinajstić information content (AvgIpc) is 3.13. The van der Waals surface area contributed by atoms with Crippen LogP contribution >= 0.6 is 7.60 Å². The predicted octanol–water partition coefficient (Wildman–Crippen LogP) is -1.13. The summed E-state index contributed by atoms with van der Waals surface area (Å²) in [4.78, 5) is 17.8. The fourth-order valence-electron chi connectivity index (χ4n) is 3.21. The molecule has 2 aromatic rings. The minimum atomic E-state index is -4.29. The number of hydrogen-bond donors (Lipinski definition) is 6. The molecule has 0 bridgehead atoms. The molecule has 2 unspecified atom stereocenters. The number of nitrogens with two attached hydrogens (primary N) is 1. The topological polar surface area (TPSA) is 197 Å². The maximum absolute atomic E-state index is 12.0. The Morgan fingerprint density at radius 1 is 1.41 bits per heavy atom. The molecule has 162 valence electrons. The molecule has 0 amide bonds. The summed E-state index contributed by atoms with van der Waals surface area (Å²) in [6, 6.07) is 0. The molecule has 1 fully saturated rings. The largest absolute Gasteiger partial charge is 0.388 e. The van der Waals surface area contributed by atoms with Gasteiger partial charge in [-0.15, -0.1) is 0 Å². The molecule has 2 aromatic heterocycles. The second-order valence-electron chi connectivity index (χ2n) is 7.60. The summed E-state index contributed by atoms with van der Waals surface area (Å²) in [6.07, 6.45) is -2.44. The van der Waals surface area contributed by atoms with Gasteiger partial charge >= 0.3 is 7.60 Å². The lowest BCUT2D eigenvalue weighted by Gasteiger charge is -2.31. The van der Waals surface area contributed by atoms with E-state index >= 15 is 0 Å². The van der Waals surface area contributed by atoms with Gasteiger partial charge in [-0.1, -0.05) is 9.71 Å². The number of aliphatic hydroxyl groups is 3. The number of anilines is 1. The van der Waals surface area contributed by atoms with E-state index in [0.29, 0.717) is 4.73 Å². The third-order valence-electron chi connectivity index (χ3n) is 4.70. The highest BCUT2D eigenvalue weighted by atomic mass is 31.2. The summed E-state index contributed by atoms with van der Waals surface area (Å²) in [7, 11) is -4.29. The zero-order valence-corrected chi connectivity index (χ0v) is 16.9. The predicted molar refractivity (Wildman–Crippen MR) is 96.5 cm³/mol. The fraction of sp³-hybridized carbons (Fsp3) is 0.667. The Balaban J connectivity index is 1.82. The first-order chi connectivity index (χ1) is 13.3. The first kappa shape index (κ1) is 21.8. The van der Waals surface area contributed by atoms with Crippen molar-refractivity contribution in [2.45, 2.75) is 63.2 Å². The lowest BCUT2D eigenvalue weighted by molar-refractivity contribution is -0.894. The van der Waals surface area contributed by atoms with Crippen molar-refractivity contribution < 1.29 is 44.0 Å². The van der Waals surface area contributed by atoms with Gasteiger partial charge in [0, 0.05) is 6.42 Å². The maximum atomic E-state index is 12.0. The molecule has 3 heterocycles. The average molecular weight is 434 g/mol. The number of nitrogen functional groups attached to an aromatic ring is 1. The number of aliphatic hydroxyl groups excluding tert-OH is 3. The summed E-state index contributed by atoms with van der Waals surface area (Å²) >= 11 is 0. The number of fused-ring (bicyclic) bond motifs is 1. The Labute approximate surface area is 165 Å². The van der Waals surface area contributed by atoms with E-state index in [-0.39, 0.29) is 23.4 Å². The fourth-order valence-corrected chi connectivity index (χ4v) is 4.14. The number of aromatic nitrogens is 4. The molecule has 0 aromatic carbocycles. The SMILES string of the molecule is CC(O)P(=O)(O)OC(C)(C)C[C@H]1O[C@@H](n2cnc3c(N)[n+](O)cnc32)[C@H](O)[C@@H]1O. The summed E-state index contributed by atoms with van der Waals surface area (Å²) in [5.74, 6) is -1.65. The zero-order chi connectivity index (χ0) is 21.7. The molecular formula is C15H25N5O8P+. The third kappa shape index (κ3) is 4.08. The van der Waals surface area contributed by atoms with E-state index in [2.05, 4.69) is 9.97 Å². The molecule has 13 nitrogen and oxygen atoms in total. The van der Waals surface area contributed by atoms with E-state index in [0.717, 1.165) is 13.3 Å². The molecule has 1 saturated heterocycles. The van der Waals surface area contributed by atoms with Gasteiger partial charge in [-0.2, -0.15) is 0 Å². The summed E-state index contributed by atoms with van der Waals surface area (Å²) in [5.41, 5.74) is 4.87. The highest BCUT2D eigenvalue weighted by Crippen LogP contribution is 2.51. The molecule has 29 heavy (non-hydrogen) atoms. The van der Waals surface area contributed by atoms with Crippen molar-refractivity contribution in [3.05, 3.63) is 12.7 Å². The van der Waals surface area contributed by atoms with Crippen LogP contribution in [0.15, 0.2) is 12.7 Å². The van der Waals surface area contributed by atoms with Crippen LogP contribution in [-0.4, -0.2) is 69.7 Å². The number of rotatable bonds is 6. The number of ether oxygens (including phenoxy) is 1. The molecule has 0 spiro atoms. The van der Waals surface area contributed by atoms with Crippen LogP contribution in [0.3, 0.4) is 0 Å². The van der Waals surface area contributed by atoms with Crippen molar-refractivity contribution in [3.8, 4) is 0 Å². The van der Waals surface area contributed by atoms with Gasteiger partial charge in [0.2, 0.25) is 11.2 Å². The standard InChI is InChI=1S/C15H24N5O8P/c1-7(21)29(25,26)28-15(2,3)4-8-10(22)11(23)14(27-8)19-5-17-9-12(16)20(24)6-18-13(9)19/h5-8,10-11,14,16,21-24H,4H2,1-3H3,(H,25,26)/p+1/t7?,8-,10-,11-,14-/m1/s1. The van der Waals surface area contributed by atoms with Crippen LogP contribution in [0.2, 0.25) is 0 Å². The van der Waals surface area contributed by atoms with Gasteiger partial charge in [0.05, 0.1) is 11.7 Å². The molecule has 6 atom stereocenters. The van der Waals surface area contributed by atoms with Crippen molar-refractivity contribution in [1.29, 1.82) is 0 Å². The molecule has 0 saturated carbocycles. The monoisotopic (exact) mass is 434 g/mol. The van der Waals surface area contributed by atoms with Gasteiger partial charge in [0.15, 0.2) is 12.1 Å². The molecule has 1 aliphatic heterocycles. The van der Waals surface area contributed by atoms with Crippen LogP contribution in [0.5, 0.6) is 0 Å². The van der Waals surface area contributed by atoms with Crippen molar-refractivity contribution in [3.63, 3.8) is 0 Å². The van der Waals surface area contributed by atoms with Gasteiger partial charge in [-0.05, 0) is 20.8 Å². The molecule has 1 aliphatic rings. The molecule has 3 rings (SSSR count). The molecule has 0 radical (unpaired) electrons. The minimum absolute atomic E-state index is 0.0577. The second kappa shape index (κ2) is 7.43. The number of hydrogen-bond acceptors (Lipinski definition) is 10. The van der Waals surface area contributed by atoms with E-state index in [4.69, 9.17) is 15.0 Å². The molecule has 0 aliphatic carbocycles. The van der Waals surface area contributed by atoms with Gasteiger partial charge in [0.25, 0.3) is 12.1 Å². The highest BCUT2D eigenvalue weighted by Gasteiger charge is 2.48. The first-order valence-electron chi connectivity index (χ1n) is 8.79. The normalized spacial score (nSPS) is 28.5. The molecular weight excluding hydrogens is 409 g/mol. The van der Waals surface area contributed by atoms with E-state index in [1.807, 2.05) is 0 Å². The smallest absolute Gasteiger partial charge is 0.356 e.